The summed E-state index contributed by atoms with van der Waals surface area (Å²) in [5.41, 5.74) is 12.2. The van der Waals surface area contributed by atoms with Crippen molar-refractivity contribution in [3.05, 3.63) is 158 Å². The first-order valence-corrected chi connectivity index (χ1v) is 17.3. The van der Waals surface area contributed by atoms with Gasteiger partial charge in [0.1, 0.15) is 16.8 Å². The summed E-state index contributed by atoms with van der Waals surface area (Å²) < 4.78 is 11.3. The van der Waals surface area contributed by atoms with Crippen molar-refractivity contribution in [2.24, 2.45) is 0 Å². The summed E-state index contributed by atoms with van der Waals surface area (Å²) in [6.07, 6.45) is 0. The van der Waals surface area contributed by atoms with Gasteiger partial charge in [-0.15, -0.1) is 0 Å². The molecule has 5 heterocycles. The van der Waals surface area contributed by atoms with Gasteiger partial charge in [-0.1, -0.05) is 115 Å². The lowest BCUT2D eigenvalue weighted by molar-refractivity contribution is 0.667. The van der Waals surface area contributed by atoms with Gasteiger partial charge in [-0.05, 0) is 42.5 Å². The van der Waals surface area contributed by atoms with E-state index in [1.54, 1.807) is 0 Å². The van der Waals surface area contributed by atoms with E-state index >= 15 is 0 Å². The first-order valence-electron chi connectivity index (χ1n) is 17.3. The summed E-state index contributed by atoms with van der Waals surface area (Å²) in [5, 5.41) is 8.37. The molecule has 12 aromatic rings. The molecule has 0 bridgehead atoms. The molecule has 0 atom stereocenters. The normalized spacial score (nSPS) is 12.3. The molecule has 0 N–H and O–H groups in total. The predicted octanol–water partition coefficient (Wildman–Crippen LogP) is 12.0. The Labute approximate surface area is 290 Å². The number of hydrogen-bond acceptors (Lipinski definition) is 3. The topological polar surface area (TPSA) is 48.3 Å². The molecule has 0 spiro atoms. The molecule has 0 radical (unpaired) electrons. The Kier molecular flexibility index (Phi) is 5.17. The van der Waals surface area contributed by atoms with Crippen LogP contribution in [0.2, 0.25) is 0 Å². The Balaban J connectivity index is 1.16. The molecule has 0 amide bonds. The van der Waals surface area contributed by atoms with Crippen molar-refractivity contribution in [3.8, 4) is 28.3 Å². The summed E-state index contributed by atoms with van der Waals surface area (Å²) >= 11 is 0. The second-order valence-electron chi connectivity index (χ2n) is 13.3. The molecule has 7 aromatic carbocycles. The molecule has 12 rings (SSSR count). The van der Waals surface area contributed by atoms with Crippen LogP contribution in [0.1, 0.15) is 0 Å². The molecule has 0 aliphatic carbocycles. The highest BCUT2D eigenvalue weighted by atomic mass is 16.3. The van der Waals surface area contributed by atoms with Crippen molar-refractivity contribution < 1.29 is 4.42 Å². The van der Waals surface area contributed by atoms with E-state index in [9.17, 15) is 0 Å². The summed E-state index contributed by atoms with van der Waals surface area (Å²) in [5.74, 6) is 0.673. The van der Waals surface area contributed by atoms with E-state index in [1.165, 1.54) is 38.1 Å². The zero-order chi connectivity index (χ0) is 33.2. The van der Waals surface area contributed by atoms with E-state index in [-0.39, 0.29) is 0 Å². The molecule has 0 fully saturated rings. The van der Waals surface area contributed by atoms with Crippen LogP contribution in [0.15, 0.2) is 162 Å². The lowest BCUT2D eigenvalue weighted by Gasteiger charge is -2.10. The van der Waals surface area contributed by atoms with Gasteiger partial charge in [0.25, 0.3) is 0 Å². The fourth-order valence-corrected chi connectivity index (χ4v) is 8.54. The monoisotopic (exact) mass is 650 g/mol. The van der Waals surface area contributed by atoms with Gasteiger partial charge >= 0.3 is 0 Å². The summed E-state index contributed by atoms with van der Waals surface area (Å²) in [6.45, 7) is 0. The molecule has 5 aromatic heterocycles. The van der Waals surface area contributed by atoms with Crippen LogP contribution in [-0.4, -0.2) is 18.9 Å². The third kappa shape index (κ3) is 3.54. The maximum atomic E-state index is 6.42. The van der Waals surface area contributed by atoms with Crippen LogP contribution in [0.4, 0.5) is 0 Å². The van der Waals surface area contributed by atoms with Crippen LogP contribution < -0.4 is 0 Å². The third-order valence-corrected chi connectivity index (χ3v) is 10.7. The third-order valence-electron chi connectivity index (χ3n) is 10.7. The fourth-order valence-electron chi connectivity index (χ4n) is 8.54. The molecule has 5 heteroatoms. The number of para-hydroxylation sites is 4. The zero-order valence-electron chi connectivity index (χ0n) is 27.2. The molecule has 5 nitrogen and oxygen atoms in total. The quantitative estimate of drug-likeness (QED) is 0.191. The van der Waals surface area contributed by atoms with Crippen LogP contribution in [0.5, 0.6) is 0 Å². The molecule has 0 aliphatic rings. The van der Waals surface area contributed by atoms with Crippen LogP contribution in [0.3, 0.4) is 0 Å². The van der Waals surface area contributed by atoms with Crippen molar-refractivity contribution in [2.75, 3.05) is 0 Å². The van der Waals surface area contributed by atoms with Crippen LogP contribution in [0.25, 0.3) is 110 Å². The molecule has 236 valence electrons. The second-order valence-corrected chi connectivity index (χ2v) is 13.3. The molecular weight excluding hydrogens is 625 g/mol. The van der Waals surface area contributed by atoms with Gasteiger partial charge in [0.15, 0.2) is 11.4 Å². The summed E-state index contributed by atoms with van der Waals surface area (Å²) in [4.78, 5) is 10.5. The van der Waals surface area contributed by atoms with Crippen LogP contribution in [-0.2, 0) is 0 Å². The molecule has 0 aliphatic heterocycles. The molecule has 0 saturated heterocycles. The van der Waals surface area contributed by atoms with E-state index < -0.39 is 0 Å². The highest BCUT2D eigenvalue weighted by Crippen LogP contribution is 2.43. The minimum absolute atomic E-state index is 0.673. The number of fused-ring (bicyclic) bond motifs is 12. The van der Waals surface area contributed by atoms with Crippen molar-refractivity contribution in [1.29, 1.82) is 0 Å². The molecule has 51 heavy (non-hydrogen) atoms. The first kappa shape index (κ1) is 26.9. The lowest BCUT2D eigenvalue weighted by atomic mass is 10.0. The Bertz CT molecular complexity index is 3370. The lowest BCUT2D eigenvalue weighted by Crippen LogP contribution is -1.96. The van der Waals surface area contributed by atoms with E-state index in [4.69, 9.17) is 14.4 Å². The van der Waals surface area contributed by atoms with Crippen molar-refractivity contribution in [2.45, 2.75) is 0 Å². The minimum atomic E-state index is 0.673. The molecule has 0 saturated carbocycles. The van der Waals surface area contributed by atoms with Crippen molar-refractivity contribution in [1.82, 2.24) is 18.9 Å². The summed E-state index contributed by atoms with van der Waals surface area (Å²) in [7, 11) is 0. The number of nitrogens with zero attached hydrogens (tertiary/aromatic N) is 4. The Morgan fingerprint density at radius 3 is 2.00 bits per heavy atom. The SMILES string of the molecule is c1ccc(-c2nc(-c3cccc4c3c3ccccc3n4-c3ccc4c5cccc6c7ccccc7n(c4c3)c65)nc3c2oc2ccccc23)cc1. The Morgan fingerprint density at radius 2 is 1.14 bits per heavy atom. The number of aromatic nitrogens is 4. The highest BCUT2D eigenvalue weighted by Gasteiger charge is 2.23. The standard InChI is InChI=1S/C46H26N4O/c1-2-12-27(13-3-1)42-45-43(34-16-6-9-23-40(34)51-45)48-46(47-42)35-19-11-22-38-41(35)33-15-5-8-21-37(33)49(38)28-24-25-30-32-18-10-17-31-29-14-4-7-20-36(29)50(44(31)32)39(30)26-28/h1-26H. The van der Waals surface area contributed by atoms with Crippen LogP contribution in [0, 0.1) is 0 Å². The minimum Gasteiger partial charge on any atom is -0.452 e. The van der Waals surface area contributed by atoms with E-state index in [2.05, 4.69) is 130 Å². The fraction of sp³-hybridized carbons (Fsp3) is 0. The van der Waals surface area contributed by atoms with Crippen molar-refractivity contribution in [3.63, 3.8) is 0 Å². The molecular formula is C46H26N4O. The second kappa shape index (κ2) is 9.80. The van der Waals surface area contributed by atoms with E-state index in [0.29, 0.717) is 11.4 Å². The Hall–Kier alpha value is -6.98. The largest absolute Gasteiger partial charge is 0.452 e. The maximum absolute atomic E-state index is 6.42. The average molecular weight is 651 g/mol. The van der Waals surface area contributed by atoms with Gasteiger partial charge in [0.2, 0.25) is 0 Å². The van der Waals surface area contributed by atoms with Gasteiger partial charge in [0, 0.05) is 54.5 Å². The average Bonchev–Trinajstić information content (AvgIpc) is 3.93. The van der Waals surface area contributed by atoms with Gasteiger partial charge < -0.3 is 13.4 Å². The van der Waals surface area contributed by atoms with Crippen molar-refractivity contribution >= 4 is 82.0 Å². The van der Waals surface area contributed by atoms with E-state index in [0.717, 1.165) is 60.8 Å². The molecule has 0 unspecified atom stereocenters. The summed E-state index contributed by atoms with van der Waals surface area (Å²) in [6, 6.07) is 55.9. The predicted molar refractivity (Wildman–Crippen MR) is 209 cm³/mol. The Morgan fingerprint density at radius 1 is 0.471 bits per heavy atom. The van der Waals surface area contributed by atoms with E-state index in [1.807, 2.05) is 36.4 Å². The van der Waals surface area contributed by atoms with Gasteiger partial charge in [-0.25, -0.2) is 9.97 Å². The van der Waals surface area contributed by atoms with Crippen LogP contribution >= 0.6 is 0 Å². The number of rotatable bonds is 3. The zero-order valence-corrected chi connectivity index (χ0v) is 27.2. The first-order chi connectivity index (χ1) is 25.3. The maximum Gasteiger partial charge on any atom is 0.180 e. The number of furan rings is 1. The van der Waals surface area contributed by atoms with Gasteiger partial charge in [-0.2, -0.15) is 0 Å². The number of benzene rings is 7. The van der Waals surface area contributed by atoms with Gasteiger partial charge in [-0.3, -0.25) is 0 Å². The number of hydrogen-bond donors (Lipinski definition) is 0. The highest BCUT2D eigenvalue weighted by molar-refractivity contribution is 6.23. The van der Waals surface area contributed by atoms with Gasteiger partial charge in [0.05, 0.1) is 27.6 Å². The smallest absolute Gasteiger partial charge is 0.180 e.